The molecule has 1 aliphatic rings. The molecule has 2 atom stereocenters. The average molecular weight is 266 g/mol. The van der Waals surface area contributed by atoms with Crippen molar-refractivity contribution >= 4 is 17.7 Å². The predicted molar refractivity (Wildman–Crippen MR) is 71.3 cm³/mol. The molecule has 18 heavy (non-hydrogen) atoms. The van der Waals surface area contributed by atoms with E-state index in [4.69, 9.17) is 10.5 Å². The molecule has 1 saturated carbocycles. The molecule has 1 aromatic heterocycles. The highest BCUT2D eigenvalue weighted by Crippen LogP contribution is 2.36. The molecule has 2 rings (SSSR count). The Hall–Kier alpha value is -1.07. The largest absolute Gasteiger partial charge is 0.468 e. The number of aromatic nitrogens is 1. The first kappa shape index (κ1) is 13.4. The van der Waals surface area contributed by atoms with Crippen molar-refractivity contribution < 1.29 is 9.53 Å². The molecule has 0 bridgehead atoms. The third kappa shape index (κ3) is 3.03. The number of nitrogens with zero attached hydrogens (tertiary/aromatic N) is 1. The molecule has 2 unspecified atom stereocenters. The SMILES string of the molecule is COC(=O)C1(N)CCCC(Sc2ccccn2)C1. The lowest BCUT2D eigenvalue weighted by Gasteiger charge is -2.34. The van der Waals surface area contributed by atoms with Gasteiger partial charge in [-0.25, -0.2) is 4.98 Å². The van der Waals surface area contributed by atoms with Crippen molar-refractivity contribution in [3.8, 4) is 0 Å². The summed E-state index contributed by atoms with van der Waals surface area (Å²) in [4.78, 5) is 16.0. The van der Waals surface area contributed by atoms with Gasteiger partial charge in [-0.3, -0.25) is 4.79 Å². The lowest BCUT2D eigenvalue weighted by molar-refractivity contribution is -0.148. The molecule has 98 valence electrons. The van der Waals surface area contributed by atoms with Gasteiger partial charge >= 0.3 is 5.97 Å². The molecular weight excluding hydrogens is 248 g/mol. The number of pyridine rings is 1. The second-order valence-corrected chi connectivity index (χ2v) is 5.97. The maximum absolute atomic E-state index is 11.7. The van der Waals surface area contributed by atoms with E-state index in [0.29, 0.717) is 18.1 Å². The standard InChI is InChI=1S/C13H18N2O2S/c1-17-12(16)13(14)7-4-5-10(9-13)18-11-6-2-3-8-15-11/h2-3,6,8,10H,4-5,7,9,14H2,1H3. The van der Waals surface area contributed by atoms with Crippen LogP contribution in [0, 0.1) is 0 Å². The van der Waals surface area contributed by atoms with Crippen LogP contribution in [-0.4, -0.2) is 28.9 Å². The van der Waals surface area contributed by atoms with Crippen LogP contribution in [0.5, 0.6) is 0 Å². The van der Waals surface area contributed by atoms with Gasteiger partial charge in [-0.05, 0) is 37.8 Å². The zero-order valence-electron chi connectivity index (χ0n) is 10.5. The minimum absolute atomic E-state index is 0.297. The molecule has 0 aliphatic heterocycles. The number of methoxy groups -OCH3 is 1. The lowest BCUT2D eigenvalue weighted by Crippen LogP contribution is -2.52. The summed E-state index contributed by atoms with van der Waals surface area (Å²) in [5, 5.41) is 1.31. The van der Waals surface area contributed by atoms with Crippen LogP contribution in [0.25, 0.3) is 0 Å². The van der Waals surface area contributed by atoms with E-state index in [2.05, 4.69) is 4.98 Å². The molecule has 1 fully saturated rings. The highest BCUT2D eigenvalue weighted by molar-refractivity contribution is 7.99. The van der Waals surface area contributed by atoms with Crippen molar-refractivity contribution in [3.63, 3.8) is 0 Å². The third-order valence-corrected chi connectivity index (χ3v) is 4.48. The normalized spacial score (nSPS) is 27.8. The summed E-state index contributed by atoms with van der Waals surface area (Å²) >= 11 is 1.70. The molecule has 0 amide bonds. The quantitative estimate of drug-likeness (QED) is 0.848. The van der Waals surface area contributed by atoms with E-state index in [-0.39, 0.29) is 5.97 Å². The highest BCUT2D eigenvalue weighted by Gasteiger charge is 2.40. The van der Waals surface area contributed by atoms with Gasteiger partial charge < -0.3 is 10.5 Å². The van der Waals surface area contributed by atoms with Gasteiger partial charge in [0.25, 0.3) is 0 Å². The molecule has 1 aliphatic carbocycles. The van der Waals surface area contributed by atoms with Crippen molar-refractivity contribution in [2.75, 3.05) is 7.11 Å². The Morgan fingerprint density at radius 3 is 3.11 bits per heavy atom. The van der Waals surface area contributed by atoms with Gasteiger partial charge in [-0.2, -0.15) is 0 Å². The van der Waals surface area contributed by atoms with Gasteiger partial charge in [0.1, 0.15) is 5.54 Å². The summed E-state index contributed by atoms with van der Waals surface area (Å²) < 4.78 is 4.80. The van der Waals surface area contributed by atoms with Crippen molar-refractivity contribution in [1.29, 1.82) is 0 Å². The smallest absolute Gasteiger partial charge is 0.325 e. The Labute approximate surface area is 111 Å². The molecule has 0 saturated heterocycles. The average Bonchev–Trinajstić information content (AvgIpc) is 2.39. The minimum Gasteiger partial charge on any atom is -0.468 e. The van der Waals surface area contributed by atoms with Crippen molar-refractivity contribution in [1.82, 2.24) is 4.98 Å². The Bertz CT molecular complexity index is 413. The van der Waals surface area contributed by atoms with Crippen molar-refractivity contribution in [2.24, 2.45) is 5.73 Å². The number of thioether (sulfide) groups is 1. The van der Waals surface area contributed by atoms with Gasteiger partial charge in [0.15, 0.2) is 0 Å². The van der Waals surface area contributed by atoms with Gasteiger partial charge in [0.05, 0.1) is 12.1 Å². The number of esters is 1. The summed E-state index contributed by atoms with van der Waals surface area (Å²) in [6.45, 7) is 0. The second kappa shape index (κ2) is 5.71. The number of ether oxygens (including phenoxy) is 1. The van der Waals surface area contributed by atoms with Crippen LogP contribution < -0.4 is 5.73 Å². The Morgan fingerprint density at radius 1 is 1.61 bits per heavy atom. The molecule has 0 radical (unpaired) electrons. The summed E-state index contributed by atoms with van der Waals surface area (Å²) in [6.07, 6.45) is 5.16. The Balaban J connectivity index is 2.01. The summed E-state index contributed by atoms with van der Waals surface area (Å²) in [5.74, 6) is -0.297. The van der Waals surface area contributed by atoms with Gasteiger partial charge in [-0.15, -0.1) is 11.8 Å². The monoisotopic (exact) mass is 266 g/mol. The predicted octanol–water partition coefficient (Wildman–Crippen LogP) is 1.99. The van der Waals surface area contributed by atoms with Crippen molar-refractivity contribution in [2.45, 2.75) is 41.5 Å². The molecule has 1 heterocycles. The lowest BCUT2D eigenvalue weighted by atomic mass is 9.82. The van der Waals surface area contributed by atoms with E-state index >= 15 is 0 Å². The molecule has 4 nitrogen and oxygen atoms in total. The van der Waals surface area contributed by atoms with E-state index in [1.54, 1.807) is 18.0 Å². The fourth-order valence-corrected chi connectivity index (χ4v) is 3.62. The fourth-order valence-electron chi connectivity index (χ4n) is 2.33. The maximum atomic E-state index is 11.7. The number of rotatable bonds is 3. The van der Waals surface area contributed by atoms with Crippen LogP contribution in [0.1, 0.15) is 25.7 Å². The van der Waals surface area contributed by atoms with E-state index in [1.165, 1.54) is 7.11 Å². The number of carbonyl (C=O) groups is 1. The van der Waals surface area contributed by atoms with Gasteiger partial charge in [-0.1, -0.05) is 6.07 Å². The molecule has 0 aromatic carbocycles. The zero-order valence-corrected chi connectivity index (χ0v) is 11.3. The first-order chi connectivity index (χ1) is 8.64. The summed E-state index contributed by atoms with van der Waals surface area (Å²) in [7, 11) is 1.40. The number of hydrogen-bond donors (Lipinski definition) is 1. The summed E-state index contributed by atoms with van der Waals surface area (Å²) in [5.41, 5.74) is 5.33. The van der Waals surface area contributed by atoms with Gasteiger partial charge in [0, 0.05) is 11.4 Å². The fraction of sp³-hybridized carbons (Fsp3) is 0.538. The minimum atomic E-state index is -0.820. The molecule has 1 aromatic rings. The zero-order chi connectivity index (χ0) is 13.0. The van der Waals surface area contributed by atoms with E-state index in [9.17, 15) is 4.79 Å². The van der Waals surface area contributed by atoms with Gasteiger partial charge in [0.2, 0.25) is 0 Å². The molecule has 5 heteroatoms. The van der Waals surface area contributed by atoms with Crippen LogP contribution in [0.15, 0.2) is 29.4 Å². The third-order valence-electron chi connectivity index (χ3n) is 3.26. The topological polar surface area (TPSA) is 65.2 Å². The van der Waals surface area contributed by atoms with Crippen LogP contribution >= 0.6 is 11.8 Å². The van der Waals surface area contributed by atoms with Crippen LogP contribution in [0.3, 0.4) is 0 Å². The highest BCUT2D eigenvalue weighted by atomic mass is 32.2. The summed E-state index contributed by atoms with van der Waals surface area (Å²) in [6, 6.07) is 5.84. The molecule has 2 N–H and O–H groups in total. The second-order valence-electron chi connectivity index (χ2n) is 4.65. The Morgan fingerprint density at radius 2 is 2.44 bits per heavy atom. The van der Waals surface area contributed by atoms with E-state index < -0.39 is 5.54 Å². The van der Waals surface area contributed by atoms with E-state index in [0.717, 1.165) is 17.9 Å². The van der Waals surface area contributed by atoms with Crippen LogP contribution in [-0.2, 0) is 9.53 Å². The number of carbonyl (C=O) groups excluding carboxylic acids is 1. The molecule has 0 spiro atoms. The first-order valence-corrected chi connectivity index (χ1v) is 6.97. The number of nitrogens with two attached hydrogens (primary N) is 1. The van der Waals surface area contributed by atoms with Crippen molar-refractivity contribution in [3.05, 3.63) is 24.4 Å². The maximum Gasteiger partial charge on any atom is 0.325 e. The van der Waals surface area contributed by atoms with E-state index in [1.807, 2.05) is 18.2 Å². The van der Waals surface area contributed by atoms with Crippen LogP contribution in [0.2, 0.25) is 0 Å². The first-order valence-electron chi connectivity index (χ1n) is 6.09. The number of hydrogen-bond acceptors (Lipinski definition) is 5. The van der Waals surface area contributed by atoms with Crippen LogP contribution in [0.4, 0.5) is 0 Å². The molecular formula is C13H18N2O2S. The Kier molecular flexibility index (Phi) is 4.24.